The second-order valence-corrected chi connectivity index (χ2v) is 6.53. The van der Waals surface area contributed by atoms with E-state index in [4.69, 9.17) is 4.74 Å². The van der Waals surface area contributed by atoms with Gasteiger partial charge in [0, 0.05) is 18.7 Å². The summed E-state index contributed by atoms with van der Waals surface area (Å²) in [5, 5.41) is 10.6. The van der Waals surface area contributed by atoms with E-state index in [-0.39, 0.29) is 23.7 Å². The Morgan fingerprint density at radius 3 is 2.39 bits per heavy atom. The van der Waals surface area contributed by atoms with Crippen molar-refractivity contribution in [3.05, 3.63) is 64.2 Å². The fourth-order valence-corrected chi connectivity index (χ4v) is 2.90. The van der Waals surface area contributed by atoms with Crippen LogP contribution in [0.1, 0.15) is 5.56 Å². The van der Waals surface area contributed by atoms with Crippen molar-refractivity contribution in [2.24, 2.45) is 0 Å². The molecule has 0 saturated carbocycles. The number of ether oxygens (including phenoxy) is 1. The third-order valence-corrected chi connectivity index (χ3v) is 4.58. The van der Waals surface area contributed by atoms with Crippen LogP contribution in [0.25, 0.3) is 0 Å². The van der Waals surface area contributed by atoms with Crippen molar-refractivity contribution < 1.29 is 18.1 Å². The maximum absolute atomic E-state index is 12.1. The minimum Gasteiger partial charge on any atom is -0.492 e. The van der Waals surface area contributed by atoms with Gasteiger partial charge in [0.1, 0.15) is 12.4 Å². The van der Waals surface area contributed by atoms with E-state index in [9.17, 15) is 18.5 Å². The van der Waals surface area contributed by atoms with Crippen molar-refractivity contribution in [2.75, 3.05) is 13.2 Å². The summed E-state index contributed by atoms with van der Waals surface area (Å²) < 4.78 is 32.0. The molecule has 7 nitrogen and oxygen atoms in total. The number of nitro benzene ring substituents is 1. The molecule has 0 saturated heterocycles. The Kier molecular flexibility index (Phi) is 5.30. The maximum atomic E-state index is 12.1. The zero-order valence-corrected chi connectivity index (χ0v) is 13.2. The molecule has 1 N–H and O–H groups in total. The van der Waals surface area contributed by atoms with Gasteiger partial charge in [-0.15, -0.1) is 0 Å². The van der Waals surface area contributed by atoms with Gasteiger partial charge in [0.05, 0.1) is 9.82 Å². The molecule has 122 valence electrons. The highest BCUT2D eigenvalue weighted by Crippen LogP contribution is 2.17. The first kappa shape index (κ1) is 16.9. The molecular formula is C15H16N2O5S. The van der Waals surface area contributed by atoms with Crippen LogP contribution in [0.2, 0.25) is 0 Å². The molecule has 2 aromatic rings. The van der Waals surface area contributed by atoms with Gasteiger partial charge in [0.25, 0.3) is 5.69 Å². The molecule has 0 atom stereocenters. The normalized spacial score (nSPS) is 11.2. The lowest BCUT2D eigenvalue weighted by Crippen LogP contribution is -2.28. The van der Waals surface area contributed by atoms with Crippen LogP contribution in [-0.4, -0.2) is 26.5 Å². The number of rotatable bonds is 7. The van der Waals surface area contributed by atoms with Crippen LogP contribution in [0.5, 0.6) is 5.75 Å². The van der Waals surface area contributed by atoms with Gasteiger partial charge in [-0.1, -0.05) is 18.2 Å². The van der Waals surface area contributed by atoms with Crippen molar-refractivity contribution in [3.63, 3.8) is 0 Å². The van der Waals surface area contributed by atoms with E-state index in [1.54, 1.807) is 6.07 Å². The number of para-hydroxylation sites is 1. The second kappa shape index (κ2) is 7.21. The number of hydrogen-bond acceptors (Lipinski definition) is 5. The standard InChI is InChI=1S/C15H16N2O5S/c1-12-4-2-3-5-15(12)22-11-10-16-23(20,21)14-8-6-13(7-9-14)17(18)19/h2-9,16H,10-11H2,1H3. The molecule has 0 radical (unpaired) electrons. The number of nitrogens with one attached hydrogen (secondary N) is 1. The Bertz CT molecular complexity index is 788. The molecular weight excluding hydrogens is 320 g/mol. The van der Waals surface area contributed by atoms with Crippen LogP contribution in [0.3, 0.4) is 0 Å². The Balaban J connectivity index is 1.91. The van der Waals surface area contributed by atoms with Gasteiger partial charge in [-0.2, -0.15) is 0 Å². The van der Waals surface area contributed by atoms with E-state index in [1.807, 2.05) is 25.1 Å². The second-order valence-electron chi connectivity index (χ2n) is 4.76. The SMILES string of the molecule is Cc1ccccc1OCCNS(=O)(=O)c1ccc([N+](=O)[O-])cc1. The van der Waals surface area contributed by atoms with Crippen molar-refractivity contribution in [2.45, 2.75) is 11.8 Å². The number of nitrogens with zero attached hydrogens (tertiary/aromatic N) is 1. The number of hydrogen-bond donors (Lipinski definition) is 1. The zero-order chi connectivity index (χ0) is 16.9. The molecule has 0 unspecified atom stereocenters. The van der Waals surface area contributed by atoms with Crippen molar-refractivity contribution in [3.8, 4) is 5.75 Å². The minimum atomic E-state index is -3.72. The van der Waals surface area contributed by atoms with Gasteiger partial charge in [-0.25, -0.2) is 13.1 Å². The van der Waals surface area contributed by atoms with E-state index in [0.717, 1.165) is 17.7 Å². The highest BCUT2D eigenvalue weighted by atomic mass is 32.2. The van der Waals surface area contributed by atoms with E-state index >= 15 is 0 Å². The lowest BCUT2D eigenvalue weighted by Gasteiger charge is -2.10. The van der Waals surface area contributed by atoms with Crippen LogP contribution in [0.4, 0.5) is 5.69 Å². The molecule has 0 aliphatic heterocycles. The Hall–Kier alpha value is -2.45. The minimum absolute atomic E-state index is 0.0287. The number of non-ortho nitro benzene ring substituents is 1. The first-order valence-electron chi connectivity index (χ1n) is 6.83. The van der Waals surface area contributed by atoms with Crippen LogP contribution < -0.4 is 9.46 Å². The molecule has 8 heteroatoms. The van der Waals surface area contributed by atoms with Gasteiger partial charge in [-0.05, 0) is 30.7 Å². The van der Waals surface area contributed by atoms with Crippen molar-refractivity contribution in [1.82, 2.24) is 4.72 Å². The average Bonchev–Trinajstić information content (AvgIpc) is 2.53. The first-order chi connectivity index (χ1) is 10.9. The quantitative estimate of drug-likeness (QED) is 0.475. The summed E-state index contributed by atoms with van der Waals surface area (Å²) in [7, 11) is -3.72. The molecule has 0 amide bonds. The summed E-state index contributed by atoms with van der Waals surface area (Å²) in [5.41, 5.74) is 0.803. The topological polar surface area (TPSA) is 98.5 Å². The Morgan fingerprint density at radius 2 is 1.78 bits per heavy atom. The monoisotopic (exact) mass is 336 g/mol. The molecule has 0 aliphatic carbocycles. The third-order valence-electron chi connectivity index (χ3n) is 3.10. The molecule has 23 heavy (non-hydrogen) atoms. The van der Waals surface area contributed by atoms with Crippen LogP contribution in [0, 0.1) is 17.0 Å². The summed E-state index contributed by atoms with van der Waals surface area (Å²) in [4.78, 5) is 9.95. The predicted octanol–water partition coefficient (Wildman–Crippen LogP) is 2.26. The lowest BCUT2D eigenvalue weighted by atomic mass is 10.2. The van der Waals surface area contributed by atoms with Gasteiger partial charge in [0.15, 0.2) is 0 Å². The van der Waals surface area contributed by atoms with E-state index in [1.165, 1.54) is 12.1 Å². The molecule has 0 aromatic heterocycles. The summed E-state index contributed by atoms with van der Waals surface area (Å²) in [6.07, 6.45) is 0. The maximum Gasteiger partial charge on any atom is 0.269 e. The molecule has 0 fully saturated rings. The number of sulfonamides is 1. The summed E-state index contributed by atoms with van der Waals surface area (Å²) >= 11 is 0. The fourth-order valence-electron chi connectivity index (χ4n) is 1.89. The summed E-state index contributed by atoms with van der Waals surface area (Å²) in [6.45, 7) is 2.17. The van der Waals surface area contributed by atoms with E-state index < -0.39 is 14.9 Å². The molecule has 2 rings (SSSR count). The number of aryl methyl sites for hydroxylation is 1. The largest absolute Gasteiger partial charge is 0.492 e. The Morgan fingerprint density at radius 1 is 1.13 bits per heavy atom. The summed E-state index contributed by atoms with van der Waals surface area (Å²) in [5.74, 6) is 0.696. The lowest BCUT2D eigenvalue weighted by molar-refractivity contribution is -0.384. The molecule has 0 bridgehead atoms. The van der Waals surface area contributed by atoms with Crippen LogP contribution in [-0.2, 0) is 10.0 Å². The highest BCUT2D eigenvalue weighted by Gasteiger charge is 2.15. The van der Waals surface area contributed by atoms with Crippen molar-refractivity contribution in [1.29, 1.82) is 0 Å². The summed E-state index contributed by atoms with van der Waals surface area (Å²) in [6, 6.07) is 12.1. The van der Waals surface area contributed by atoms with Gasteiger partial charge in [-0.3, -0.25) is 10.1 Å². The smallest absolute Gasteiger partial charge is 0.269 e. The average molecular weight is 336 g/mol. The molecule has 2 aromatic carbocycles. The van der Waals surface area contributed by atoms with Crippen LogP contribution in [0.15, 0.2) is 53.4 Å². The van der Waals surface area contributed by atoms with E-state index in [2.05, 4.69) is 4.72 Å². The first-order valence-corrected chi connectivity index (χ1v) is 8.31. The molecule has 0 aliphatic rings. The predicted molar refractivity (Wildman–Crippen MR) is 85.0 cm³/mol. The third kappa shape index (κ3) is 4.51. The number of nitro groups is 1. The van der Waals surface area contributed by atoms with Crippen LogP contribution >= 0.6 is 0 Å². The van der Waals surface area contributed by atoms with Gasteiger partial charge < -0.3 is 4.74 Å². The van der Waals surface area contributed by atoms with E-state index in [0.29, 0.717) is 5.75 Å². The molecule has 0 heterocycles. The Labute approximate surface area is 134 Å². The highest BCUT2D eigenvalue weighted by molar-refractivity contribution is 7.89. The van der Waals surface area contributed by atoms with Gasteiger partial charge >= 0.3 is 0 Å². The van der Waals surface area contributed by atoms with Crippen molar-refractivity contribution >= 4 is 15.7 Å². The fraction of sp³-hybridized carbons (Fsp3) is 0.200. The van der Waals surface area contributed by atoms with Gasteiger partial charge in [0.2, 0.25) is 10.0 Å². The molecule has 0 spiro atoms. The zero-order valence-electron chi connectivity index (χ0n) is 12.4. The number of benzene rings is 2.